The van der Waals surface area contributed by atoms with Crippen LogP contribution in [0.4, 0.5) is 10.6 Å². The van der Waals surface area contributed by atoms with Gasteiger partial charge in [0.15, 0.2) is 0 Å². The van der Waals surface area contributed by atoms with Crippen LogP contribution in [0.25, 0.3) is 9.40 Å². The molecule has 0 bridgehead atoms. The number of thiophene rings is 2. The molecule has 1 atom stereocenters. The third kappa shape index (κ3) is 4.33. The second-order valence-electron chi connectivity index (χ2n) is 8.66. The number of nitrogens with one attached hydrogen (secondary N) is 1. The van der Waals surface area contributed by atoms with Crippen molar-refractivity contribution in [1.82, 2.24) is 9.78 Å². The number of aromatic nitrogens is 2. The van der Waals surface area contributed by atoms with Gasteiger partial charge in [0, 0.05) is 31.8 Å². The van der Waals surface area contributed by atoms with Gasteiger partial charge in [-0.15, -0.1) is 22.7 Å². The lowest BCUT2D eigenvalue weighted by Crippen LogP contribution is -2.18. The van der Waals surface area contributed by atoms with Crippen LogP contribution < -0.4 is 5.32 Å². The number of anilines is 1. The van der Waals surface area contributed by atoms with Crippen LogP contribution in [0, 0.1) is 0 Å². The topological polar surface area (TPSA) is 93.4 Å². The first-order chi connectivity index (χ1) is 16.4. The lowest BCUT2D eigenvalue weighted by molar-refractivity contribution is -0.139. The third-order valence-corrected chi connectivity index (χ3v) is 8.87. The van der Waals surface area contributed by atoms with Crippen LogP contribution in [0.15, 0.2) is 48.7 Å². The number of carbonyl (C=O) groups excluding carboxylic acids is 1. The summed E-state index contributed by atoms with van der Waals surface area (Å²) in [4.78, 5) is 26.3. The van der Waals surface area contributed by atoms with Crippen molar-refractivity contribution in [1.29, 1.82) is 0 Å². The third-order valence-electron chi connectivity index (χ3n) is 6.32. The van der Waals surface area contributed by atoms with Crippen molar-refractivity contribution in [2.75, 3.05) is 5.32 Å². The molecule has 3 heterocycles. The van der Waals surface area contributed by atoms with Crippen LogP contribution in [-0.2, 0) is 34.8 Å². The second-order valence-corrected chi connectivity index (χ2v) is 10.9. The molecule has 1 fully saturated rings. The van der Waals surface area contributed by atoms with Gasteiger partial charge in [-0.1, -0.05) is 30.3 Å². The van der Waals surface area contributed by atoms with Gasteiger partial charge in [-0.2, -0.15) is 5.10 Å². The van der Waals surface area contributed by atoms with E-state index in [1.165, 1.54) is 4.88 Å². The van der Waals surface area contributed by atoms with Gasteiger partial charge in [-0.25, -0.2) is 4.79 Å². The number of nitrogens with zero attached hydrogens (tertiary/aromatic N) is 2. The van der Waals surface area contributed by atoms with E-state index >= 15 is 0 Å². The number of ether oxygens (including phenoxy) is 1. The van der Waals surface area contributed by atoms with Gasteiger partial charge >= 0.3 is 12.1 Å². The van der Waals surface area contributed by atoms with Gasteiger partial charge in [0.05, 0.1) is 6.20 Å². The average Bonchev–Trinajstić information content (AvgIpc) is 3.26. The Labute approximate surface area is 205 Å². The molecular weight excluding hydrogens is 470 g/mol. The van der Waals surface area contributed by atoms with E-state index in [1.807, 2.05) is 37.3 Å². The fourth-order valence-electron chi connectivity index (χ4n) is 4.10. The number of aliphatic carboxylic acids is 1. The molecule has 176 valence electrons. The molecule has 1 aliphatic rings. The molecule has 1 aliphatic carbocycles. The van der Waals surface area contributed by atoms with Gasteiger partial charge in [-0.3, -0.25) is 14.8 Å². The molecule has 1 aromatic carbocycles. The Balaban J connectivity index is 1.23. The minimum atomic E-state index is -0.713. The number of fused-ring (bicyclic) bond motifs is 1. The number of rotatable bonds is 8. The van der Waals surface area contributed by atoms with Crippen molar-refractivity contribution in [2.24, 2.45) is 7.05 Å². The van der Waals surface area contributed by atoms with Crippen molar-refractivity contribution in [3.8, 4) is 0 Å². The lowest BCUT2D eigenvalue weighted by Gasteiger charge is -2.15. The molecule has 2 N–H and O–H groups in total. The summed E-state index contributed by atoms with van der Waals surface area (Å²) >= 11 is 3.30. The van der Waals surface area contributed by atoms with Crippen molar-refractivity contribution in [3.63, 3.8) is 0 Å². The quantitative estimate of drug-likeness (QED) is 0.317. The van der Waals surface area contributed by atoms with Crippen LogP contribution >= 0.6 is 22.7 Å². The summed E-state index contributed by atoms with van der Waals surface area (Å²) in [6.07, 6.45) is 3.88. The Hall–Kier alpha value is -3.17. The molecule has 0 spiro atoms. The summed E-state index contributed by atoms with van der Waals surface area (Å²) in [6, 6.07) is 13.8. The largest absolute Gasteiger partial charge is 0.481 e. The number of amides is 1. The molecule has 34 heavy (non-hydrogen) atoms. The van der Waals surface area contributed by atoms with Crippen molar-refractivity contribution >= 4 is 50.0 Å². The Morgan fingerprint density at radius 3 is 2.59 bits per heavy atom. The van der Waals surface area contributed by atoms with Crippen LogP contribution in [-0.4, -0.2) is 26.9 Å². The average molecular weight is 496 g/mol. The van der Waals surface area contributed by atoms with E-state index in [-0.39, 0.29) is 6.10 Å². The Bertz CT molecular complexity index is 1320. The number of hydrogen-bond acceptors (Lipinski definition) is 6. The summed E-state index contributed by atoms with van der Waals surface area (Å²) in [5, 5.41) is 16.7. The highest BCUT2D eigenvalue weighted by atomic mass is 32.1. The van der Waals surface area contributed by atoms with Crippen molar-refractivity contribution in [2.45, 2.75) is 44.1 Å². The van der Waals surface area contributed by atoms with E-state index in [9.17, 15) is 14.7 Å². The normalized spacial score (nSPS) is 15.2. The number of carboxylic acids is 1. The Morgan fingerprint density at radius 1 is 1.18 bits per heavy atom. The molecule has 5 rings (SSSR count). The van der Waals surface area contributed by atoms with E-state index in [2.05, 4.69) is 22.5 Å². The molecule has 3 aromatic heterocycles. The number of carbonyl (C=O) groups is 2. The molecule has 0 aliphatic heterocycles. The predicted octanol–water partition coefficient (Wildman–Crippen LogP) is 5.91. The van der Waals surface area contributed by atoms with Crippen LogP contribution in [0.5, 0.6) is 0 Å². The van der Waals surface area contributed by atoms with E-state index < -0.39 is 17.5 Å². The van der Waals surface area contributed by atoms with E-state index in [4.69, 9.17) is 4.74 Å². The molecule has 7 nitrogen and oxygen atoms in total. The minimum absolute atomic E-state index is 0.363. The molecule has 4 aromatic rings. The number of aryl methyl sites for hydroxylation is 3. The predicted molar refractivity (Wildman–Crippen MR) is 134 cm³/mol. The molecular formula is C25H25N3O4S2. The zero-order valence-corrected chi connectivity index (χ0v) is 20.5. The molecule has 0 radical (unpaired) electrons. The highest BCUT2D eigenvalue weighted by Crippen LogP contribution is 2.52. The number of benzene rings is 1. The highest BCUT2D eigenvalue weighted by Gasteiger charge is 2.53. The molecule has 1 unspecified atom stereocenters. The summed E-state index contributed by atoms with van der Waals surface area (Å²) in [6.45, 7) is 1.84. The summed E-state index contributed by atoms with van der Waals surface area (Å²) in [5.41, 5.74) is 1.22. The van der Waals surface area contributed by atoms with Crippen molar-refractivity contribution in [3.05, 3.63) is 69.5 Å². The highest BCUT2D eigenvalue weighted by molar-refractivity contribution is 7.28. The van der Waals surface area contributed by atoms with E-state index in [0.29, 0.717) is 5.82 Å². The van der Waals surface area contributed by atoms with E-state index in [0.717, 1.165) is 51.1 Å². The fourth-order valence-corrected chi connectivity index (χ4v) is 6.76. The fraction of sp³-hybridized carbons (Fsp3) is 0.320. The van der Waals surface area contributed by atoms with Gasteiger partial charge in [-0.05, 0) is 50.3 Å². The number of carboxylic acid groups (broad SMARTS) is 1. The summed E-state index contributed by atoms with van der Waals surface area (Å²) < 4.78 is 9.47. The Morgan fingerprint density at radius 2 is 1.91 bits per heavy atom. The molecule has 1 amide bonds. The maximum atomic E-state index is 12.5. The molecule has 9 heteroatoms. The Kier molecular flexibility index (Phi) is 5.91. The first-order valence-corrected chi connectivity index (χ1v) is 12.8. The maximum Gasteiger partial charge on any atom is 0.413 e. The summed E-state index contributed by atoms with van der Waals surface area (Å²) in [7, 11) is 1.79. The summed E-state index contributed by atoms with van der Waals surface area (Å²) in [5.74, 6) is -0.0852. The monoisotopic (exact) mass is 495 g/mol. The first-order valence-electron chi connectivity index (χ1n) is 11.2. The smallest absolute Gasteiger partial charge is 0.413 e. The lowest BCUT2D eigenvalue weighted by atomic mass is 10.1. The molecule has 1 saturated carbocycles. The zero-order valence-electron chi connectivity index (χ0n) is 18.9. The van der Waals surface area contributed by atoms with Gasteiger partial charge in [0.2, 0.25) is 0 Å². The van der Waals surface area contributed by atoms with Crippen LogP contribution in [0.2, 0.25) is 0 Å². The zero-order chi connectivity index (χ0) is 23.9. The standard InChI is InChI=1S/C25H25N3O4S2/c1-15(16-6-4-3-5-7-16)32-24(31)27-22-17(14-26-28(22)2)8-9-18-12-19-20(33-18)13-21(34-19)25(10-11-25)23(29)30/h3-7,12-15H,8-11H2,1-2H3,(H,27,31)(H,29,30). The minimum Gasteiger partial charge on any atom is -0.481 e. The van der Waals surface area contributed by atoms with Crippen LogP contribution in [0.3, 0.4) is 0 Å². The first kappa shape index (κ1) is 22.6. The number of hydrogen-bond donors (Lipinski definition) is 2. The second kappa shape index (κ2) is 8.88. The van der Waals surface area contributed by atoms with Gasteiger partial charge < -0.3 is 9.84 Å². The van der Waals surface area contributed by atoms with Gasteiger partial charge in [0.1, 0.15) is 17.3 Å². The van der Waals surface area contributed by atoms with Crippen molar-refractivity contribution < 1.29 is 19.4 Å². The maximum absolute atomic E-state index is 12.5. The molecule has 0 saturated heterocycles. The van der Waals surface area contributed by atoms with E-state index in [1.54, 1.807) is 40.6 Å². The SMILES string of the molecule is CC(OC(=O)Nc1c(CCc2cc3sc(C4(C(=O)O)CC4)cc3s2)cnn1C)c1ccccc1. The van der Waals surface area contributed by atoms with Gasteiger partial charge in [0.25, 0.3) is 0 Å². The van der Waals surface area contributed by atoms with Crippen LogP contribution in [0.1, 0.15) is 46.8 Å².